The summed E-state index contributed by atoms with van der Waals surface area (Å²) >= 11 is 6.08. The van der Waals surface area contributed by atoms with Crippen LogP contribution in [0.15, 0.2) is 48.2 Å². The van der Waals surface area contributed by atoms with Crippen molar-refractivity contribution in [1.29, 1.82) is 0 Å². The lowest BCUT2D eigenvalue weighted by Gasteiger charge is -2.43. The minimum absolute atomic E-state index is 0.0222. The molecule has 0 radical (unpaired) electrons. The van der Waals surface area contributed by atoms with Crippen LogP contribution in [0.25, 0.3) is 0 Å². The van der Waals surface area contributed by atoms with E-state index in [0.717, 1.165) is 5.56 Å². The highest BCUT2D eigenvalue weighted by molar-refractivity contribution is 6.30. The Kier molecular flexibility index (Phi) is 9.56. The molecule has 0 bridgehead atoms. The van der Waals surface area contributed by atoms with Crippen LogP contribution in [0.2, 0.25) is 5.02 Å². The summed E-state index contributed by atoms with van der Waals surface area (Å²) in [5, 5.41) is 3.52. The molecule has 0 spiro atoms. The van der Waals surface area contributed by atoms with Crippen LogP contribution in [-0.4, -0.2) is 78.0 Å². The molecule has 0 aromatic heterocycles. The molecule has 36 heavy (non-hydrogen) atoms. The second-order valence-electron chi connectivity index (χ2n) is 9.68. The Balaban J connectivity index is 1.96. The van der Waals surface area contributed by atoms with E-state index in [1.807, 2.05) is 25.7 Å². The maximum absolute atomic E-state index is 13.3. The topological polar surface area (TPSA) is 82.2 Å². The number of nitrogens with one attached hydrogen (secondary N) is 1. The molecule has 2 heterocycles. The number of amides is 3. The van der Waals surface area contributed by atoms with Gasteiger partial charge in [-0.25, -0.2) is 9.59 Å². The van der Waals surface area contributed by atoms with Gasteiger partial charge in [-0.1, -0.05) is 43.7 Å². The highest BCUT2D eigenvalue weighted by Crippen LogP contribution is 2.33. The fourth-order valence-electron chi connectivity index (χ4n) is 4.78. The van der Waals surface area contributed by atoms with Crippen LogP contribution in [0.3, 0.4) is 0 Å². The van der Waals surface area contributed by atoms with Crippen molar-refractivity contribution in [2.75, 3.05) is 39.3 Å². The first-order chi connectivity index (χ1) is 17.2. The average molecular weight is 517 g/mol. The van der Waals surface area contributed by atoms with Crippen LogP contribution in [0, 0.1) is 5.92 Å². The van der Waals surface area contributed by atoms with Crippen molar-refractivity contribution in [2.45, 2.75) is 46.2 Å². The lowest BCUT2D eigenvalue weighted by molar-refractivity contribution is -0.139. The van der Waals surface area contributed by atoms with Crippen LogP contribution in [0.4, 0.5) is 4.79 Å². The zero-order chi connectivity index (χ0) is 26.4. The van der Waals surface area contributed by atoms with Gasteiger partial charge in [0.05, 0.1) is 18.2 Å². The number of hydrogen-bond donors (Lipinski definition) is 1. The number of rotatable bonds is 9. The summed E-state index contributed by atoms with van der Waals surface area (Å²) in [6.07, 6.45) is 2.16. The Labute approximate surface area is 218 Å². The number of nitrogens with zero attached hydrogens (tertiary/aromatic N) is 3. The summed E-state index contributed by atoms with van der Waals surface area (Å²) in [5.74, 6) is -0.00458. The van der Waals surface area contributed by atoms with Crippen LogP contribution < -0.4 is 5.32 Å². The molecule has 0 aliphatic carbocycles. The molecule has 3 amide bonds. The van der Waals surface area contributed by atoms with Gasteiger partial charge in [-0.3, -0.25) is 14.6 Å². The molecular formula is C27H37ClN4O4. The van der Waals surface area contributed by atoms with Crippen molar-refractivity contribution in [3.05, 3.63) is 58.8 Å². The van der Waals surface area contributed by atoms with Crippen LogP contribution in [0.1, 0.15) is 45.7 Å². The average Bonchev–Trinajstić information content (AvgIpc) is 2.81. The van der Waals surface area contributed by atoms with E-state index in [9.17, 15) is 14.4 Å². The van der Waals surface area contributed by atoms with Gasteiger partial charge < -0.3 is 15.0 Å². The first-order valence-electron chi connectivity index (χ1n) is 12.5. The Morgan fingerprint density at radius 2 is 1.94 bits per heavy atom. The SMILES string of the molecule is C=CCN1C(=O)NC(c2ccc(Cl)cc2)C(C(=O)OCC)=C1CN1CCN(C(=O)CC(C)C)C(C)C1. The fourth-order valence-corrected chi connectivity index (χ4v) is 4.90. The maximum Gasteiger partial charge on any atom is 0.338 e. The van der Waals surface area contributed by atoms with Crippen molar-refractivity contribution in [1.82, 2.24) is 20.0 Å². The van der Waals surface area contributed by atoms with Crippen LogP contribution >= 0.6 is 11.6 Å². The minimum Gasteiger partial charge on any atom is -0.463 e. The van der Waals surface area contributed by atoms with Crippen molar-refractivity contribution < 1.29 is 19.1 Å². The summed E-state index contributed by atoms with van der Waals surface area (Å²) in [5.41, 5.74) is 1.72. The molecule has 1 aromatic rings. The zero-order valence-corrected chi connectivity index (χ0v) is 22.4. The van der Waals surface area contributed by atoms with Gasteiger partial charge in [0.1, 0.15) is 0 Å². The summed E-state index contributed by atoms with van der Waals surface area (Å²) < 4.78 is 5.45. The van der Waals surface area contributed by atoms with Gasteiger partial charge in [0.2, 0.25) is 5.91 Å². The molecule has 1 saturated heterocycles. The molecule has 1 fully saturated rings. The molecule has 2 unspecified atom stereocenters. The third-order valence-electron chi connectivity index (χ3n) is 6.44. The van der Waals surface area contributed by atoms with E-state index < -0.39 is 12.0 Å². The minimum atomic E-state index is -0.670. The predicted octanol–water partition coefficient (Wildman–Crippen LogP) is 3.99. The fraction of sp³-hybridized carbons (Fsp3) is 0.519. The number of urea groups is 1. The van der Waals surface area contributed by atoms with E-state index in [-0.39, 0.29) is 31.1 Å². The van der Waals surface area contributed by atoms with Crippen LogP contribution in [-0.2, 0) is 14.3 Å². The van der Waals surface area contributed by atoms with E-state index in [4.69, 9.17) is 16.3 Å². The lowest BCUT2D eigenvalue weighted by atomic mass is 9.94. The number of carbonyl (C=O) groups excluding carboxylic acids is 3. The van der Waals surface area contributed by atoms with Crippen LogP contribution in [0.5, 0.6) is 0 Å². The van der Waals surface area contributed by atoms with E-state index in [2.05, 4.69) is 16.8 Å². The molecule has 8 nitrogen and oxygen atoms in total. The van der Waals surface area contributed by atoms with Crippen molar-refractivity contribution in [3.8, 4) is 0 Å². The molecule has 3 rings (SSSR count). The lowest BCUT2D eigenvalue weighted by Crippen LogP contribution is -2.56. The van der Waals surface area contributed by atoms with Crippen molar-refractivity contribution in [3.63, 3.8) is 0 Å². The van der Waals surface area contributed by atoms with Gasteiger partial charge in [0.25, 0.3) is 0 Å². The monoisotopic (exact) mass is 516 g/mol. The van der Waals surface area contributed by atoms with Gasteiger partial charge in [-0.2, -0.15) is 0 Å². The third-order valence-corrected chi connectivity index (χ3v) is 6.69. The first kappa shape index (κ1) is 27.7. The summed E-state index contributed by atoms with van der Waals surface area (Å²) in [6.45, 7) is 14.4. The number of hydrogen-bond acceptors (Lipinski definition) is 5. The molecule has 9 heteroatoms. The second kappa shape index (κ2) is 12.4. The summed E-state index contributed by atoms with van der Waals surface area (Å²) in [4.78, 5) is 44.8. The highest BCUT2D eigenvalue weighted by atomic mass is 35.5. The predicted molar refractivity (Wildman–Crippen MR) is 140 cm³/mol. The molecular weight excluding hydrogens is 480 g/mol. The number of piperazine rings is 1. The molecule has 2 aliphatic heterocycles. The highest BCUT2D eigenvalue weighted by Gasteiger charge is 2.39. The van der Waals surface area contributed by atoms with Crippen molar-refractivity contribution in [2.24, 2.45) is 5.92 Å². The second-order valence-corrected chi connectivity index (χ2v) is 10.1. The number of esters is 1. The third kappa shape index (κ3) is 6.48. The molecule has 0 saturated carbocycles. The molecule has 1 N–H and O–H groups in total. The largest absolute Gasteiger partial charge is 0.463 e. The standard InChI is InChI=1S/C27H37ClN4O4/c1-6-12-32-22(17-30-13-14-31(19(5)16-30)23(33)15-18(3)4)24(26(34)36-7-2)25(29-27(32)35)20-8-10-21(28)11-9-20/h6,8-11,18-19,25H,1,7,12-17H2,2-5H3,(H,29,35). The van der Waals surface area contributed by atoms with Gasteiger partial charge in [-0.15, -0.1) is 6.58 Å². The van der Waals surface area contributed by atoms with E-state index in [1.165, 1.54) is 0 Å². The number of ether oxygens (including phenoxy) is 1. The van der Waals surface area contributed by atoms with Gasteiger partial charge in [-0.05, 0) is 37.5 Å². The Bertz CT molecular complexity index is 1010. The molecule has 2 atom stereocenters. The molecule has 2 aliphatic rings. The Hall–Kier alpha value is -2.84. The summed E-state index contributed by atoms with van der Waals surface area (Å²) in [7, 11) is 0. The number of carbonyl (C=O) groups is 3. The number of benzene rings is 1. The van der Waals surface area contributed by atoms with Gasteiger partial charge >= 0.3 is 12.0 Å². The summed E-state index contributed by atoms with van der Waals surface area (Å²) in [6, 6.07) is 6.11. The number of halogens is 1. The maximum atomic E-state index is 13.3. The van der Waals surface area contributed by atoms with E-state index in [0.29, 0.717) is 54.8 Å². The smallest absolute Gasteiger partial charge is 0.338 e. The first-order valence-corrected chi connectivity index (χ1v) is 12.9. The van der Waals surface area contributed by atoms with Crippen molar-refractivity contribution >= 4 is 29.5 Å². The molecule has 1 aromatic carbocycles. The van der Waals surface area contributed by atoms with Gasteiger partial charge in [0.15, 0.2) is 0 Å². The van der Waals surface area contributed by atoms with E-state index in [1.54, 1.807) is 42.2 Å². The zero-order valence-electron chi connectivity index (χ0n) is 21.6. The normalized spacial score (nSPS) is 21.0. The Morgan fingerprint density at radius 1 is 1.25 bits per heavy atom. The quantitative estimate of drug-likeness (QED) is 0.396. The van der Waals surface area contributed by atoms with Gasteiger partial charge in [0, 0.05) is 55.9 Å². The Morgan fingerprint density at radius 3 is 2.53 bits per heavy atom. The van der Waals surface area contributed by atoms with E-state index >= 15 is 0 Å². The molecule has 196 valence electrons.